The van der Waals surface area contributed by atoms with E-state index in [4.69, 9.17) is 32.7 Å². The number of thioether (sulfide) groups is 1. The van der Waals surface area contributed by atoms with Crippen molar-refractivity contribution in [3.63, 3.8) is 0 Å². The molecule has 0 radical (unpaired) electrons. The lowest BCUT2D eigenvalue weighted by Gasteiger charge is -2.12. The van der Waals surface area contributed by atoms with Gasteiger partial charge < -0.3 is 19.4 Å². The van der Waals surface area contributed by atoms with E-state index in [9.17, 15) is 4.79 Å². The molecule has 0 unspecified atom stereocenters. The molecule has 1 aromatic heterocycles. The van der Waals surface area contributed by atoms with Gasteiger partial charge in [0.2, 0.25) is 5.91 Å². The van der Waals surface area contributed by atoms with Crippen LogP contribution in [0.3, 0.4) is 0 Å². The van der Waals surface area contributed by atoms with Crippen LogP contribution in [0.5, 0.6) is 11.5 Å². The van der Waals surface area contributed by atoms with Crippen LogP contribution in [-0.4, -0.2) is 33.5 Å². The summed E-state index contributed by atoms with van der Waals surface area (Å²) in [5.41, 5.74) is 1.42. The third kappa shape index (κ3) is 6.06. The van der Waals surface area contributed by atoms with Gasteiger partial charge in [-0.2, -0.15) is 0 Å². The molecule has 0 aliphatic carbocycles. The number of nitrogens with zero attached hydrogens (tertiary/aromatic N) is 3. The third-order valence-electron chi connectivity index (χ3n) is 4.38. The molecule has 0 bridgehead atoms. The monoisotopic (exact) mass is 480 g/mol. The molecule has 0 spiro atoms. The second-order valence-corrected chi connectivity index (χ2v) is 8.31. The van der Waals surface area contributed by atoms with Crippen LogP contribution in [0.2, 0.25) is 10.0 Å². The van der Waals surface area contributed by atoms with E-state index in [0.717, 1.165) is 5.56 Å². The van der Waals surface area contributed by atoms with Gasteiger partial charge in [-0.05, 0) is 49.7 Å². The first-order chi connectivity index (χ1) is 14.9. The molecule has 1 amide bonds. The molecule has 1 N–H and O–H groups in total. The molecule has 0 atom stereocenters. The van der Waals surface area contributed by atoms with Crippen molar-refractivity contribution < 1.29 is 14.3 Å². The van der Waals surface area contributed by atoms with Crippen molar-refractivity contribution >= 4 is 46.6 Å². The average molecular weight is 481 g/mol. The molecule has 0 saturated heterocycles. The second kappa shape index (κ2) is 10.7. The van der Waals surface area contributed by atoms with Gasteiger partial charge in [0, 0.05) is 22.7 Å². The Morgan fingerprint density at radius 1 is 1.19 bits per heavy atom. The van der Waals surface area contributed by atoms with Gasteiger partial charge in [0.1, 0.15) is 18.1 Å². The zero-order valence-electron chi connectivity index (χ0n) is 17.3. The van der Waals surface area contributed by atoms with Gasteiger partial charge in [-0.1, -0.05) is 35.0 Å². The van der Waals surface area contributed by atoms with Crippen molar-refractivity contribution in [1.29, 1.82) is 0 Å². The van der Waals surface area contributed by atoms with Crippen LogP contribution in [0.25, 0.3) is 0 Å². The molecule has 3 rings (SSSR count). The maximum Gasteiger partial charge on any atom is 0.234 e. The van der Waals surface area contributed by atoms with Crippen molar-refractivity contribution in [3.05, 3.63) is 57.8 Å². The number of benzene rings is 2. The Kier molecular flexibility index (Phi) is 8.06. The molecule has 31 heavy (non-hydrogen) atoms. The minimum Gasteiger partial charge on any atom is -0.495 e. The number of aromatic nitrogens is 3. The van der Waals surface area contributed by atoms with Crippen molar-refractivity contribution in [2.24, 2.45) is 0 Å². The molecule has 0 fully saturated rings. The topological polar surface area (TPSA) is 78.3 Å². The smallest absolute Gasteiger partial charge is 0.234 e. The minimum atomic E-state index is -0.186. The van der Waals surface area contributed by atoms with Crippen LogP contribution in [0.15, 0.2) is 41.6 Å². The molecule has 3 aromatic rings. The number of rotatable bonds is 9. The van der Waals surface area contributed by atoms with Gasteiger partial charge in [-0.25, -0.2) is 0 Å². The van der Waals surface area contributed by atoms with E-state index in [1.54, 1.807) is 36.4 Å². The summed E-state index contributed by atoms with van der Waals surface area (Å²) in [6, 6.07) is 10.6. The number of anilines is 1. The maximum atomic E-state index is 12.5. The van der Waals surface area contributed by atoms with Crippen molar-refractivity contribution in [2.75, 3.05) is 18.2 Å². The predicted octanol–water partition coefficient (Wildman–Crippen LogP) is 5.23. The summed E-state index contributed by atoms with van der Waals surface area (Å²) < 4.78 is 13.0. The lowest BCUT2D eigenvalue weighted by Crippen LogP contribution is -2.15. The number of nitrogens with one attached hydrogen (secondary N) is 1. The van der Waals surface area contributed by atoms with Crippen LogP contribution in [0.4, 0.5) is 5.69 Å². The second-order valence-electron chi connectivity index (χ2n) is 6.52. The number of hydrogen-bond acceptors (Lipinski definition) is 6. The van der Waals surface area contributed by atoms with Crippen molar-refractivity contribution in [3.8, 4) is 11.5 Å². The summed E-state index contributed by atoms with van der Waals surface area (Å²) in [7, 11) is 1.53. The van der Waals surface area contributed by atoms with Gasteiger partial charge in [0.25, 0.3) is 0 Å². The predicted molar refractivity (Wildman–Crippen MR) is 124 cm³/mol. The Hall–Kier alpha value is -2.42. The molecule has 0 aliphatic heterocycles. The summed E-state index contributed by atoms with van der Waals surface area (Å²) in [5.74, 6) is 1.86. The lowest BCUT2D eigenvalue weighted by molar-refractivity contribution is -0.113. The quantitative estimate of drug-likeness (QED) is 0.422. The van der Waals surface area contributed by atoms with Crippen LogP contribution >= 0.6 is 35.0 Å². The highest BCUT2D eigenvalue weighted by atomic mass is 35.5. The van der Waals surface area contributed by atoms with Gasteiger partial charge in [-0.3, -0.25) is 4.79 Å². The van der Waals surface area contributed by atoms with E-state index in [1.165, 1.54) is 18.9 Å². The van der Waals surface area contributed by atoms with E-state index in [-0.39, 0.29) is 18.3 Å². The van der Waals surface area contributed by atoms with E-state index in [2.05, 4.69) is 15.5 Å². The fourth-order valence-electron chi connectivity index (χ4n) is 2.78. The van der Waals surface area contributed by atoms with Gasteiger partial charge in [-0.15, -0.1) is 10.2 Å². The Morgan fingerprint density at radius 3 is 2.61 bits per heavy atom. The molecule has 1 heterocycles. The summed E-state index contributed by atoms with van der Waals surface area (Å²) in [4.78, 5) is 12.5. The molecular formula is C21H22Cl2N4O3S. The molecule has 10 heteroatoms. The molecular weight excluding hydrogens is 459 g/mol. The summed E-state index contributed by atoms with van der Waals surface area (Å²) in [6.45, 7) is 4.77. The van der Waals surface area contributed by atoms with Crippen molar-refractivity contribution in [2.45, 2.75) is 32.2 Å². The number of carbonyl (C=O) groups is 1. The summed E-state index contributed by atoms with van der Waals surface area (Å²) in [5, 5.41) is 13.1. The first kappa shape index (κ1) is 23.2. The van der Waals surface area contributed by atoms with E-state index in [1.807, 2.05) is 18.4 Å². The number of methoxy groups -OCH3 is 1. The highest BCUT2D eigenvalue weighted by Gasteiger charge is 2.15. The number of ether oxygens (including phenoxy) is 2. The third-order valence-corrected chi connectivity index (χ3v) is 6.00. The zero-order valence-corrected chi connectivity index (χ0v) is 19.6. The molecule has 0 aliphatic rings. The van der Waals surface area contributed by atoms with Gasteiger partial charge in [0.15, 0.2) is 11.0 Å². The molecule has 164 valence electrons. The Bertz CT molecular complexity index is 1060. The van der Waals surface area contributed by atoms with Crippen LogP contribution in [0, 0.1) is 6.92 Å². The number of aryl methyl sites for hydroxylation is 1. The normalized spacial score (nSPS) is 10.7. The van der Waals surface area contributed by atoms with Gasteiger partial charge in [0.05, 0.1) is 18.6 Å². The Morgan fingerprint density at radius 2 is 1.94 bits per heavy atom. The van der Waals surface area contributed by atoms with Gasteiger partial charge >= 0.3 is 0 Å². The Labute approximate surface area is 195 Å². The first-order valence-electron chi connectivity index (χ1n) is 9.48. The van der Waals surface area contributed by atoms with Crippen molar-refractivity contribution in [1.82, 2.24) is 14.8 Å². The van der Waals surface area contributed by atoms with E-state index < -0.39 is 0 Å². The van der Waals surface area contributed by atoms with E-state index >= 15 is 0 Å². The summed E-state index contributed by atoms with van der Waals surface area (Å²) >= 11 is 13.3. The SMILES string of the molecule is CCn1c(COc2ccc(Cl)cc2)nnc1SCC(=O)Nc1cc(C)c(Cl)cc1OC. The van der Waals surface area contributed by atoms with E-state index in [0.29, 0.717) is 44.8 Å². The highest BCUT2D eigenvalue weighted by Crippen LogP contribution is 2.31. The number of halogens is 2. The maximum absolute atomic E-state index is 12.5. The molecule has 2 aromatic carbocycles. The first-order valence-corrected chi connectivity index (χ1v) is 11.2. The number of hydrogen-bond donors (Lipinski definition) is 1. The molecule has 0 saturated carbocycles. The number of carbonyl (C=O) groups excluding carboxylic acids is 1. The van der Waals surface area contributed by atoms with Crippen LogP contribution < -0.4 is 14.8 Å². The Balaban J connectivity index is 1.61. The average Bonchev–Trinajstić information content (AvgIpc) is 3.16. The minimum absolute atomic E-state index is 0.168. The molecule has 7 nitrogen and oxygen atoms in total. The lowest BCUT2D eigenvalue weighted by atomic mass is 10.2. The fraction of sp³-hybridized carbons (Fsp3) is 0.286. The largest absolute Gasteiger partial charge is 0.495 e. The zero-order chi connectivity index (χ0) is 22.4. The van der Waals surface area contributed by atoms with Crippen LogP contribution in [-0.2, 0) is 17.9 Å². The standard InChI is InChI=1S/C21H22Cl2N4O3S/c1-4-27-19(11-30-15-7-5-14(22)6-8-15)25-26-21(27)31-12-20(28)24-17-9-13(2)16(23)10-18(17)29-3/h5-10H,4,11-12H2,1-3H3,(H,24,28). The highest BCUT2D eigenvalue weighted by molar-refractivity contribution is 7.99. The fourth-order valence-corrected chi connectivity index (χ4v) is 3.88. The number of amides is 1. The van der Waals surface area contributed by atoms with Crippen LogP contribution in [0.1, 0.15) is 18.3 Å². The summed E-state index contributed by atoms with van der Waals surface area (Å²) in [6.07, 6.45) is 0.